The van der Waals surface area contributed by atoms with Crippen molar-refractivity contribution < 1.29 is 9.15 Å². The first-order valence-electron chi connectivity index (χ1n) is 9.54. The Bertz CT molecular complexity index is 1470. The highest BCUT2D eigenvalue weighted by atomic mass is 16.5. The number of benzene rings is 2. The minimum atomic E-state index is 0.455. The molecule has 0 bridgehead atoms. The van der Waals surface area contributed by atoms with Crippen molar-refractivity contribution in [2.24, 2.45) is 0 Å². The van der Waals surface area contributed by atoms with E-state index in [0.717, 1.165) is 38.9 Å². The van der Waals surface area contributed by atoms with Gasteiger partial charge in [0.25, 0.3) is 0 Å². The lowest BCUT2D eigenvalue weighted by Gasteiger charge is -2.13. The quantitative estimate of drug-likeness (QED) is 0.434. The number of ether oxygens (including phenoxy) is 1. The zero-order chi connectivity index (χ0) is 20.8. The molecule has 0 aliphatic rings. The molecule has 0 radical (unpaired) electrons. The van der Waals surface area contributed by atoms with Crippen molar-refractivity contribution in [3.8, 4) is 34.4 Å². The van der Waals surface area contributed by atoms with Gasteiger partial charge in [0.05, 0.1) is 29.3 Å². The average molecular weight is 394 g/mol. The normalized spacial score (nSPS) is 11.1. The van der Waals surface area contributed by atoms with Crippen LogP contribution in [0, 0.1) is 25.2 Å². The second-order valence-electron chi connectivity index (χ2n) is 7.14. The van der Waals surface area contributed by atoms with Gasteiger partial charge in [-0.2, -0.15) is 10.4 Å². The van der Waals surface area contributed by atoms with Crippen LogP contribution in [0.4, 0.5) is 0 Å². The lowest BCUT2D eigenvalue weighted by Crippen LogP contribution is -1.97. The molecular formula is C24H18N4O2. The number of H-pyrrole nitrogens is 1. The van der Waals surface area contributed by atoms with Crippen LogP contribution in [0.3, 0.4) is 0 Å². The maximum Gasteiger partial charge on any atom is 0.182 e. The molecule has 0 aliphatic heterocycles. The van der Waals surface area contributed by atoms with Crippen LogP contribution in [-0.4, -0.2) is 22.3 Å². The summed E-state index contributed by atoms with van der Waals surface area (Å²) in [4.78, 5) is 4.79. The Morgan fingerprint density at radius 2 is 1.83 bits per heavy atom. The van der Waals surface area contributed by atoms with Gasteiger partial charge in [-0.1, -0.05) is 24.3 Å². The van der Waals surface area contributed by atoms with Crippen LogP contribution in [0.1, 0.15) is 17.0 Å². The van der Waals surface area contributed by atoms with Gasteiger partial charge < -0.3 is 9.15 Å². The van der Waals surface area contributed by atoms with Crippen LogP contribution in [0.15, 0.2) is 52.9 Å². The topological polar surface area (TPSA) is 87.7 Å². The number of fused-ring (bicyclic) bond motifs is 2. The summed E-state index contributed by atoms with van der Waals surface area (Å²) in [5.74, 6) is 2.17. The summed E-state index contributed by atoms with van der Waals surface area (Å²) in [5.41, 5.74) is 3.96. The van der Waals surface area contributed by atoms with Crippen molar-refractivity contribution in [2.45, 2.75) is 13.8 Å². The molecule has 2 aromatic carbocycles. The van der Waals surface area contributed by atoms with Gasteiger partial charge in [-0.3, -0.25) is 5.10 Å². The molecule has 0 aliphatic carbocycles. The fourth-order valence-electron chi connectivity index (χ4n) is 3.98. The van der Waals surface area contributed by atoms with Crippen molar-refractivity contribution in [1.29, 1.82) is 5.26 Å². The van der Waals surface area contributed by atoms with Gasteiger partial charge in [-0.05, 0) is 43.5 Å². The van der Waals surface area contributed by atoms with Crippen LogP contribution < -0.4 is 4.74 Å². The SMILES string of the molecule is COc1ccc(-c2nc3n[nH]c(C)c3c(-c3ccc(C)o3)c2C#N)c2ccccc12. The number of aryl methyl sites for hydroxylation is 2. The summed E-state index contributed by atoms with van der Waals surface area (Å²) in [7, 11) is 1.65. The van der Waals surface area contributed by atoms with Crippen molar-refractivity contribution in [3.63, 3.8) is 0 Å². The standard InChI is InChI=1S/C24H18N4O2/c1-13-8-10-20(30-13)22-18(12-25)23(26-24-21(22)14(2)27-28-24)17-9-11-19(29-3)16-7-5-4-6-15(16)17/h4-11H,1-3H3,(H,26,27,28). The summed E-state index contributed by atoms with van der Waals surface area (Å²) in [6.45, 7) is 3.80. The lowest BCUT2D eigenvalue weighted by atomic mass is 9.94. The van der Waals surface area contributed by atoms with Gasteiger partial charge in [0.15, 0.2) is 5.65 Å². The molecule has 5 aromatic rings. The monoisotopic (exact) mass is 394 g/mol. The number of nitrogens with one attached hydrogen (secondary N) is 1. The Kier molecular flexibility index (Phi) is 4.04. The minimum Gasteiger partial charge on any atom is -0.496 e. The van der Waals surface area contributed by atoms with E-state index in [1.165, 1.54) is 0 Å². The number of pyridine rings is 1. The highest BCUT2D eigenvalue weighted by molar-refractivity contribution is 6.05. The highest BCUT2D eigenvalue weighted by Gasteiger charge is 2.24. The smallest absolute Gasteiger partial charge is 0.182 e. The maximum absolute atomic E-state index is 10.2. The van der Waals surface area contributed by atoms with Crippen LogP contribution in [0.2, 0.25) is 0 Å². The Balaban J connectivity index is 1.93. The van der Waals surface area contributed by atoms with Gasteiger partial charge >= 0.3 is 0 Å². The molecule has 0 unspecified atom stereocenters. The Morgan fingerprint density at radius 3 is 2.53 bits per heavy atom. The fraction of sp³-hybridized carbons (Fsp3) is 0.125. The summed E-state index contributed by atoms with van der Waals surface area (Å²) >= 11 is 0. The molecule has 0 spiro atoms. The molecule has 0 saturated heterocycles. The predicted molar refractivity (Wildman–Crippen MR) is 115 cm³/mol. The van der Waals surface area contributed by atoms with Gasteiger partial charge in [0, 0.05) is 16.6 Å². The van der Waals surface area contributed by atoms with Crippen LogP contribution in [0.25, 0.3) is 44.4 Å². The Labute approximate surface area is 172 Å². The van der Waals surface area contributed by atoms with Gasteiger partial charge in [0.1, 0.15) is 23.3 Å². The summed E-state index contributed by atoms with van der Waals surface area (Å²) in [6, 6.07) is 17.9. The minimum absolute atomic E-state index is 0.455. The first-order chi connectivity index (χ1) is 14.6. The molecule has 30 heavy (non-hydrogen) atoms. The third kappa shape index (κ3) is 2.56. The number of furan rings is 1. The first-order valence-corrected chi connectivity index (χ1v) is 9.54. The molecule has 0 saturated carbocycles. The second-order valence-corrected chi connectivity index (χ2v) is 7.14. The first kappa shape index (κ1) is 18.0. The van der Waals surface area contributed by atoms with Crippen molar-refractivity contribution in [3.05, 3.63) is 65.5 Å². The number of nitrogens with zero attached hydrogens (tertiary/aromatic N) is 3. The average Bonchev–Trinajstić information content (AvgIpc) is 3.37. The summed E-state index contributed by atoms with van der Waals surface area (Å²) in [5, 5.41) is 20.3. The number of methoxy groups -OCH3 is 1. The van der Waals surface area contributed by atoms with E-state index in [2.05, 4.69) is 16.3 Å². The van der Waals surface area contributed by atoms with E-state index in [1.54, 1.807) is 7.11 Å². The molecule has 146 valence electrons. The molecule has 0 amide bonds. The zero-order valence-electron chi connectivity index (χ0n) is 16.8. The number of aromatic nitrogens is 3. The third-order valence-electron chi connectivity index (χ3n) is 5.34. The van der Waals surface area contributed by atoms with Gasteiger partial charge in [0.2, 0.25) is 0 Å². The number of rotatable bonds is 3. The van der Waals surface area contributed by atoms with E-state index >= 15 is 0 Å². The van der Waals surface area contributed by atoms with Gasteiger partial charge in [-0.15, -0.1) is 0 Å². The molecular weight excluding hydrogens is 376 g/mol. The summed E-state index contributed by atoms with van der Waals surface area (Å²) in [6.07, 6.45) is 0. The Hall–Kier alpha value is -4.11. The fourth-order valence-corrected chi connectivity index (χ4v) is 3.98. The highest BCUT2D eigenvalue weighted by Crippen LogP contribution is 2.41. The molecule has 6 heteroatoms. The second kappa shape index (κ2) is 6.75. The predicted octanol–water partition coefficient (Wildman–Crippen LogP) is 5.54. The van der Waals surface area contributed by atoms with E-state index in [4.69, 9.17) is 14.1 Å². The van der Waals surface area contributed by atoms with E-state index in [1.807, 2.05) is 62.4 Å². The molecule has 0 atom stereocenters. The summed E-state index contributed by atoms with van der Waals surface area (Å²) < 4.78 is 11.4. The van der Waals surface area contributed by atoms with E-state index in [9.17, 15) is 5.26 Å². The van der Waals surface area contributed by atoms with Crippen LogP contribution >= 0.6 is 0 Å². The van der Waals surface area contributed by atoms with Crippen LogP contribution in [0.5, 0.6) is 5.75 Å². The molecule has 5 rings (SSSR count). The molecule has 3 heterocycles. The molecule has 0 fully saturated rings. The van der Waals surface area contributed by atoms with Gasteiger partial charge in [-0.25, -0.2) is 4.98 Å². The number of hydrogen-bond donors (Lipinski definition) is 1. The Morgan fingerprint density at radius 1 is 1.03 bits per heavy atom. The van der Waals surface area contributed by atoms with Crippen LogP contribution in [-0.2, 0) is 0 Å². The molecule has 6 nitrogen and oxygen atoms in total. The molecule has 3 aromatic heterocycles. The number of nitriles is 1. The lowest BCUT2D eigenvalue weighted by molar-refractivity contribution is 0.420. The zero-order valence-corrected chi connectivity index (χ0v) is 16.8. The van der Waals surface area contributed by atoms with E-state index in [0.29, 0.717) is 28.2 Å². The van der Waals surface area contributed by atoms with Crippen molar-refractivity contribution >= 4 is 21.8 Å². The van der Waals surface area contributed by atoms with E-state index in [-0.39, 0.29) is 0 Å². The van der Waals surface area contributed by atoms with E-state index < -0.39 is 0 Å². The van der Waals surface area contributed by atoms with Crippen molar-refractivity contribution in [1.82, 2.24) is 15.2 Å². The third-order valence-corrected chi connectivity index (χ3v) is 5.34. The van der Waals surface area contributed by atoms with Crippen molar-refractivity contribution in [2.75, 3.05) is 7.11 Å². The maximum atomic E-state index is 10.2. The largest absolute Gasteiger partial charge is 0.496 e. The number of hydrogen-bond acceptors (Lipinski definition) is 5. The number of aromatic amines is 1. The molecule has 1 N–H and O–H groups in total.